The van der Waals surface area contributed by atoms with Crippen LogP contribution in [0, 0.1) is 11.8 Å². The molecule has 0 heterocycles. The van der Waals surface area contributed by atoms with E-state index in [1.807, 2.05) is 73.8 Å². The Morgan fingerprint density at radius 2 is 1.68 bits per heavy atom. The fourth-order valence-corrected chi connectivity index (χ4v) is 3.40. The monoisotopic (exact) mass is 394 g/mol. The van der Waals surface area contributed by atoms with Gasteiger partial charge in [-0.05, 0) is 49.6 Å². The summed E-state index contributed by atoms with van der Waals surface area (Å²) in [7, 11) is 0. The van der Waals surface area contributed by atoms with E-state index < -0.39 is 0 Å². The number of para-hydroxylation sites is 2. The van der Waals surface area contributed by atoms with Gasteiger partial charge in [-0.2, -0.15) is 0 Å². The van der Waals surface area contributed by atoms with Crippen molar-refractivity contribution in [2.24, 2.45) is 21.8 Å². The van der Waals surface area contributed by atoms with Gasteiger partial charge in [0.15, 0.2) is 0 Å². The van der Waals surface area contributed by atoms with Gasteiger partial charge in [-0.1, -0.05) is 48.0 Å². The molecule has 28 heavy (non-hydrogen) atoms. The highest BCUT2D eigenvalue weighted by Crippen LogP contribution is 2.36. The van der Waals surface area contributed by atoms with Crippen LogP contribution in [0.15, 0.2) is 81.3 Å². The van der Waals surface area contributed by atoms with Crippen molar-refractivity contribution in [1.82, 2.24) is 0 Å². The molecule has 0 spiro atoms. The van der Waals surface area contributed by atoms with Crippen LogP contribution in [0.2, 0.25) is 0 Å². The first-order valence-electron chi connectivity index (χ1n) is 9.41. The first-order valence-corrected chi connectivity index (χ1v) is 9.78. The number of benzene rings is 2. The lowest BCUT2D eigenvalue weighted by molar-refractivity contribution is -0.148. The number of allylic oxidation sites excluding steroid dienone is 2. The van der Waals surface area contributed by atoms with Crippen molar-refractivity contribution in [3.8, 4) is 0 Å². The molecule has 3 rings (SSSR count). The fraction of sp³-hybridized carbons (Fsp3) is 0.261. The van der Waals surface area contributed by atoms with E-state index in [0.29, 0.717) is 24.5 Å². The van der Waals surface area contributed by atoms with Crippen molar-refractivity contribution in [3.63, 3.8) is 0 Å². The van der Waals surface area contributed by atoms with Gasteiger partial charge >= 0.3 is 5.97 Å². The Morgan fingerprint density at radius 1 is 1.07 bits per heavy atom. The van der Waals surface area contributed by atoms with E-state index >= 15 is 0 Å². The zero-order chi connectivity index (χ0) is 19.8. The molecule has 2 unspecified atom stereocenters. The number of nitrogens with zero attached hydrogens (tertiary/aromatic N) is 2. The molecule has 2 aromatic rings. The number of esters is 1. The number of halogens is 1. The standard InChI is InChI=1S/C23H23ClN2O2/c1-2-28-23(27)17-13-18(15-25-20-9-5-3-6-10-20)22(24)19(14-17)16-26-21-11-7-4-8-12-21/h3-12,15-18H,2,13-14H2,1H3. The lowest BCUT2D eigenvalue weighted by Gasteiger charge is -2.26. The second kappa shape index (κ2) is 10.00. The van der Waals surface area contributed by atoms with Crippen molar-refractivity contribution in [3.05, 3.63) is 71.3 Å². The Kier molecular flexibility index (Phi) is 7.15. The zero-order valence-corrected chi connectivity index (χ0v) is 16.5. The summed E-state index contributed by atoms with van der Waals surface area (Å²) in [6, 6.07) is 19.3. The summed E-state index contributed by atoms with van der Waals surface area (Å²) in [5, 5.41) is 0.680. The first-order chi connectivity index (χ1) is 13.7. The van der Waals surface area contributed by atoms with Crippen molar-refractivity contribution in [1.29, 1.82) is 0 Å². The molecular weight excluding hydrogens is 372 g/mol. The van der Waals surface area contributed by atoms with Gasteiger partial charge in [0.25, 0.3) is 0 Å². The number of aliphatic imine (C=N–C) groups is 2. The molecule has 144 valence electrons. The summed E-state index contributed by atoms with van der Waals surface area (Å²) < 4.78 is 5.25. The molecule has 5 heteroatoms. The molecule has 2 aromatic carbocycles. The Labute approximate surface area is 170 Å². The number of hydrogen-bond donors (Lipinski definition) is 0. The highest BCUT2D eigenvalue weighted by Gasteiger charge is 2.32. The van der Waals surface area contributed by atoms with Gasteiger partial charge in [-0.3, -0.25) is 14.8 Å². The molecule has 0 amide bonds. The lowest BCUT2D eigenvalue weighted by Crippen LogP contribution is -2.27. The molecule has 1 aliphatic carbocycles. The molecule has 0 saturated heterocycles. The second-order valence-electron chi connectivity index (χ2n) is 6.58. The summed E-state index contributed by atoms with van der Waals surface area (Å²) in [4.78, 5) is 21.4. The van der Waals surface area contributed by atoms with Crippen LogP contribution in [-0.2, 0) is 9.53 Å². The number of carbonyl (C=O) groups excluding carboxylic acids is 1. The van der Waals surface area contributed by atoms with Crippen molar-refractivity contribution in [2.75, 3.05) is 6.61 Å². The minimum atomic E-state index is -0.258. The SMILES string of the molecule is CCOC(=O)C1CC(C=Nc2ccccc2)=C(Cl)C(C=Nc2ccccc2)C1. The smallest absolute Gasteiger partial charge is 0.309 e. The summed E-state index contributed by atoms with van der Waals surface area (Å²) in [5.41, 5.74) is 2.54. The summed E-state index contributed by atoms with van der Waals surface area (Å²) in [6.45, 7) is 2.18. The van der Waals surface area contributed by atoms with E-state index in [0.717, 1.165) is 16.9 Å². The van der Waals surface area contributed by atoms with Gasteiger partial charge < -0.3 is 4.74 Å². The van der Waals surface area contributed by atoms with Gasteiger partial charge in [0, 0.05) is 23.4 Å². The second-order valence-corrected chi connectivity index (χ2v) is 6.98. The van der Waals surface area contributed by atoms with E-state index in [-0.39, 0.29) is 17.8 Å². The van der Waals surface area contributed by atoms with Gasteiger partial charge in [0.2, 0.25) is 0 Å². The molecular formula is C23H23ClN2O2. The molecule has 0 bridgehead atoms. The van der Waals surface area contributed by atoms with Crippen molar-refractivity contribution in [2.45, 2.75) is 19.8 Å². The number of ether oxygens (including phenoxy) is 1. The average molecular weight is 395 g/mol. The maximum atomic E-state index is 12.4. The quantitative estimate of drug-likeness (QED) is 0.454. The van der Waals surface area contributed by atoms with Crippen molar-refractivity contribution >= 4 is 41.4 Å². The van der Waals surface area contributed by atoms with Crippen molar-refractivity contribution < 1.29 is 9.53 Å². The van der Waals surface area contributed by atoms with Crippen LogP contribution < -0.4 is 0 Å². The highest BCUT2D eigenvalue weighted by molar-refractivity contribution is 6.32. The Balaban J connectivity index is 1.86. The van der Waals surface area contributed by atoms with Crippen LogP contribution in [0.3, 0.4) is 0 Å². The van der Waals surface area contributed by atoms with Crippen LogP contribution in [0.5, 0.6) is 0 Å². The van der Waals surface area contributed by atoms with Crippen LogP contribution in [0.4, 0.5) is 11.4 Å². The molecule has 0 aromatic heterocycles. The molecule has 0 fully saturated rings. The predicted molar refractivity (Wildman–Crippen MR) is 115 cm³/mol. The van der Waals surface area contributed by atoms with E-state index in [1.54, 1.807) is 6.21 Å². The topological polar surface area (TPSA) is 51.0 Å². The van der Waals surface area contributed by atoms with E-state index in [2.05, 4.69) is 9.98 Å². The first kappa shape index (κ1) is 20.0. The lowest BCUT2D eigenvalue weighted by atomic mass is 9.82. The van der Waals surface area contributed by atoms with E-state index in [1.165, 1.54) is 0 Å². The molecule has 2 atom stereocenters. The average Bonchev–Trinajstić information content (AvgIpc) is 2.73. The molecule has 0 aliphatic heterocycles. The summed E-state index contributed by atoms with van der Waals surface area (Å²) in [6.07, 6.45) is 4.67. The largest absolute Gasteiger partial charge is 0.466 e. The predicted octanol–water partition coefficient (Wildman–Crippen LogP) is 5.87. The third kappa shape index (κ3) is 5.40. The van der Waals surface area contributed by atoms with Gasteiger partial charge in [-0.25, -0.2) is 0 Å². The minimum Gasteiger partial charge on any atom is -0.466 e. The maximum absolute atomic E-state index is 12.4. The molecule has 0 saturated carbocycles. The Bertz CT molecular complexity index is 876. The van der Waals surface area contributed by atoms with Crippen LogP contribution >= 0.6 is 11.6 Å². The van der Waals surface area contributed by atoms with E-state index in [4.69, 9.17) is 16.3 Å². The summed E-state index contributed by atoms with van der Waals surface area (Å²) in [5.74, 6) is -0.607. The number of hydrogen-bond acceptors (Lipinski definition) is 4. The van der Waals surface area contributed by atoms with Gasteiger partial charge in [0.05, 0.1) is 23.9 Å². The molecule has 4 nitrogen and oxygen atoms in total. The van der Waals surface area contributed by atoms with E-state index in [9.17, 15) is 4.79 Å². The third-order valence-electron chi connectivity index (χ3n) is 4.54. The van der Waals surface area contributed by atoms with Gasteiger partial charge in [-0.15, -0.1) is 0 Å². The molecule has 0 radical (unpaired) electrons. The van der Waals surface area contributed by atoms with Gasteiger partial charge in [0.1, 0.15) is 0 Å². The van der Waals surface area contributed by atoms with Crippen LogP contribution in [0.25, 0.3) is 0 Å². The zero-order valence-electron chi connectivity index (χ0n) is 15.8. The number of rotatable bonds is 6. The Morgan fingerprint density at radius 3 is 2.29 bits per heavy atom. The molecule has 0 N–H and O–H groups in total. The van der Waals surface area contributed by atoms with Crippen LogP contribution in [-0.4, -0.2) is 25.0 Å². The molecule has 1 aliphatic rings. The number of carbonyl (C=O) groups is 1. The maximum Gasteiger partial charge on any atom is 0.309 e. The highest BCUT2D eigenvalue weighted by atomic mass is 35.5. The summed E-state index contributed by atoms with van der Waals surface area (Å²) >= 11 is 6.67. The normalized spacial score (nSPS) is 20.1. The Hall–Kier alpha value is -2.72. The minimum absolute atomic E-state index is 0.151. The fourth-order valence-electron chi connectivity index (χ4n) is 3.13. The van der Waals surface area contributed by atoms with Crippen LogP contribution in [0.1, 0.15) is 19.8 Å². The third-order valence-corrected chi connectivity index (χ3v) is 5.07.